The van der Waals surface area contributed by atoms with Crippen LogP contribution >= 0.6 is 11.3 Å². The summed E-state index contributed by atoms with van der Waals surface area (Å²) in [6, 6.07) is 3.97. The van der Waals surface area contributed by atoms with Crippen molar-refractivity contribution in [1.29, 1.82) is 0 Å². The molecule has 0 bridgehead atoms. The van der Waals surface area contributed by atoms with Gasteiger partial charge >= 0.3 is 5.97 Å². The number of hydrogen-bond acceptors (Lipinski definition) is 4. The van der Waals surface area contributed by atoms with Crippen LogP contribution < -0.4 is 5.32 Å². The van der Waals surface area contributed by atoms with Crippen molar-refractivity contribution in [2.75, 3.05) is 11.9 Å². The SMILES string of the molecule is CCOC(=O)c1c(NC(=O)c2c(C)cc(C)cc2C)sc(C)c1C. The summed E-state index contributed by atoms with van der Waals surface area (Å²) in [5.41, 5.74) is 4.93. The van der Waals surface area contributed by atoms with Crippen LogP contribution in [0.4, 0.5) is 5.00 Å². The van der Waals surface area contributed by atoms with Crippen LogP contribution in [-0.2, 0) is 4.74 Å². The third kappa shape index (κ3) is 3.51. The average molecular weight is 345 g/mol. The van der Waals surface area contributed by atoms with E-state index in [0.29, 0.717) is 22.7 Å². The van der Waals surface area contributed by atoms with E-state index in [1.165, 1.54) is 11.3 Å². The molecule has 0 atom stereocenters. The van der Waals surface area contributed by atoms with E-state index in [-0.39, 0.29) is 5.91 Å². The number of thiophene rings is 1. The zero-order chi connectivity index (χ0) is 18.0. The highest BCUT2D eigenvalue weighted by Gasteiger charge is 2.23. The van der Waals surface area contributed by atoms with Crippen molar-refractivity contribution in [1.82, 2.24) is 0 Å². The van der Waals surface area contributed by atoms with Crippen LogP contribution in [0.5, 0.6) is 0 Å². The van der Waals surface area contributed by atoms with Crippen LogP contribution in [0, 0.1) is 34.6 Å². The van der Waals surface area contributed by atoms with Crippen molar-refractivity contribution in [2.45, 2.75) is 41.5 Å². The number of nitrogens with one attached hydrogen (secondary N) is 1. The van der Waals surface area contributed by atoms with Gasteiger partial charge in [-0.2, -0.15) is 0 Å². The fourth-order valence-corrected chi connectivity index (χ4v) is 3.91. The molecule has 2 rings (SSSR count). The molecule has 1 heterocycles. The van der Waals surface area contributed by atoms with Gasteiger partial charge in [0.2, 0.25) is 0 Å². The van der Waals surface area contributed by atoms with Crippen molar-refractivity contribution < 1.29 is 14.3 Å². The molecule has 24 heavy (non-hydrogen) atoms. The van der Waals surface area contributed by atoms with E-state index in [1.54, 1.807) is 6.92 Å². The summed E-state index contributed by atoms with van der Waals surface area (Å²) in [7, 11) is 0. The molecule has 4 nitrogen and oxygen atoms in total. The van der Waals surface area contributed by atoms with E-state index >= 15 is 0 Å². The summed E-state index contributed by atoms with van der Waals surface area (Å²) >= 11 is 1.40. The van der Waals surface area contributed by atoms with Crippen molar-refractivity contribution in [2.24, 2.45) is 0 Å². The first-order valence-corrected chi connectivity index (χ1v) is 8.74. The van der Waals surface area contributed by atoms with Crippen LogP contribution in [0.2, 0.25) is 0 Å². The van der Waals surface area contributed by atoms with E-state index in [1.807, 2.05) is 46.8 Å². The zero-order valence-electron chi connectivity index (χ0n) is 15.0. The predicted molar refractivity (Wildman–Crippen MR) is 98.4 cm³/mol. The number of amides is 1. The minimum absolute atomic E-state index is 0.197. The Kier molecular flexibility index (Phi) is 5.44. The smallest absolute Gasteiger partial charge is 0.341 e. The fourth-order valence-electron chi connectivity index (χ4n) is 2.87. The number of hydrogen-bond donors (Lipinski definition) is 1. The second kappa shape index (κ2) is 7.18. The number of anilines is 1. The summed E-state index contributed by atoms with van der Waals surface area (Å²) in [6.07, 6.45) is 0. The highest BCUT2D eigenvalue weighted by Crippen LogP contribution is 2.33. The number of esters is 1. The van der Waals surface area contributed by atoms with Gasteiger partial charge in [0.25, 0.3) is 5.91 Å². The Labute approximate surface area is 146 Å². The average Bonchev–Trinajstić information content (AvgIpc) is 2.72. The van der Waals surface area contributed by atoms with Crippen LogP contribution in [0.15, 0.2) is 12.1 Å². The molecule has 0 aliphatic rings. The van der Waals surface area contributed by atoms with Crippen LogP contribution in [0.25, 0.3) is 0 Å². The minimum Gasteiger partial charge on any atom is -0.462 e. The van der Waals surface area contributed by atoms with Crippen LogP contribution in [0.1, 0.15) is 54.8 Å². The van der Waals surface area contributed by atoms with Gasteiger partial charge in [-0.3, -0.25) is 4.79 Å². The molecule has 1 N–H and O–H groups in total. The summed E-state index contributed by atoms with van der Waals surface area (Å²) in [5, 5.41) is 3.46. The van der Waals surface area contributed by atoms with Gasteiger partial charge in [0.1, 0.15) is 5.00 Å². The van der Waals surface area contributed by atoms with Gasteiger partial charge < -0.3 is 10.1 Å². The number of ether oxygens (including phenoxy) is 1. The number of aryl methyl sites for hydroxylation is 4. The molecule has 1 aromatic carbocycles. The molecule has 2 aromatic rings. The van der Waals surface area contributed by atoms with Gasteiger partial charge in [-0.1, -0.05) is 17.7 Å². The number of carbonyl (C=O) groups excluding carboxylic acids is 2. The molecule has 1 aromatic heterocycles. The van der Waals surface area contributed by atoms with Gasteiger partial charge in [0.05, 0.1) is 12.2 Å². The molecule has 128 valence electrons. The first kappa shape index (κ1) is 18.2. The number of carbonyl (C=O) groups is 2. The lowest BCUT2D eigenvalue weighted by atomic mass is 9.99. The normalized spacial score (nSPS) is 10.6. The first-order valence-electron chi connectivity index (χ1n) is 7.92. The fraction of sp³-hybridized carbons (Fsp3) is 0.368. The topological polar surface area (TPSA) is 55.4 Å². The second-order valence-corrected chi connectivity index (χ2v) is 7.16. The molecule has 0 saturated carbocycles. The number of rotatable bonds is 4. The van der Waals surface area contributed by atoms with Crippen molar-refractivity contribution in [3.05, 3.63) is 50.4 Å². The molecule has 0 aliphatic heterocycles. The molecular formula is C19H23NO3S. The van der Waals surface area contributed by atoms with Gasteiger partial charge in [-0.15, -0.1) is 11.3 Å². The molecule has 0 unspecified atom stereocenters. The maximum absolute atomic E-state index is 12.8. The summed E-state index contributed by atoms with van der Waals surface area (Å²) in [6.45, 7) is 11.7. The Morgan fingerprint density at radius 3 is 2.17 bits per heavy atom. The summed E-state index contributed by atoms with van der Waals surface area (Å²) in [5.74, 6) is -0.594. The van der Waals surface area contributed by atoms with Gasteiger partial charge in [-0.05, 0) is 58.2 Å². The first-order chi connectivity index (χ1) is 11.3. The third-order valence-electron chi connectivity index (χ3n) is 4.00. The van der Waals surface area contributed by atoms with Gasteiger partial charge in [-0.25, -0.2) is 4.79 Å². The van der Waals surface area contributed by atoms with Crippen molar-refractivity contribution in [3.8, 4) is 0 Å². The Balaban J connectivity index is 2.40. The molecule has 0 radical (unpaired) electrons. The van der Waals surface area contributed by atoms with Crippen molar-refractivity contribution in [3.63, 3.8) is 0 Å². The third-order valence-corrected chi connectivity index (χ3v) is 5.12. The van der Waals surface area contributed by atoms with E-state index in [0.717, 1.165) is 27.1 Å². The Bertz CT molecular complexity index is 782. The molecule has 5 heteroatoms. The van der Waals surface area contributed by atoms with E-state index in [4.69, 9.17) is 4.74 Å². The second-order valence-electron chi connectivity index (χ2n) is 5.94. The highest BCUT2D eigenvalue weighted by molar-refractivity contribution is 7.16. The Morgan fingerprint density at radius 2 is 1.62 bits per heavy atom. The largest absolute Gasteiger partial charge is 0.462 e. The maximum atomic E-state index is 12.8. The lowest BCUT2D eigenvalue weighted by Crippen LogP contribution is -2.17. The Morgan fingerprint density at radius 1 is 1.04 bits per heavy atom. The molecule has 0 saturated heterocycles. The minimum atomic E-state index is -0.396. The highest BCUT2D eigenvalue weighted by atomic mass is 32.1. The van der Waals surface area contributed by atoms with Crippen LogP contribution in [-0.4, -0.2) is 18.5 Å². The molecule has 1 amide bonds. The van der Waals surface area contributed by atoms with E-state index in [2.05, 4.69) is 5.32 Å². The molecule has 0 spiro atoms. The summed E-state index contributed by atoms with van der Waals surface area (Å²) < 4.78 is 5.13. The number of benzene rings is 1. The lowest BCUT2D eigenvalue weighted by Gasteiger charge is -2.12. The Hall–Kier alpha value is -2.14. The van der Waals surface area contributed by atoms with Crippen LogP contribution in [0.3, 0.4) is 0 Å². The predicted octanol–water partition coefficient (Wildman–Crippen LogP) is 4.72. The zero-order valence-corrected chi connectivity index (χ0v) is 15.8. The quantitative estimate of drug-likeness (QED) is 0.816. The van der Waals surface area contributed by atoms with Gasteiger partial charge in [0, 0.05) is 10.4 Å². The van der Waals surface area contributed by atoms with Gasteiger partial charge in [0.15, 0.2) is 0 Å². The lowest BCUT2D eigenvalue weighted by molar-refractivity contribution is 0.0527. The summed E-state index contributed by atoms with van der Waals surface area (Å²) in [4.78, 5) is 26.0. The monoisotopic (exact) mass is 345 g/mol. The maximum Gasteiger partial charge on any atom is 0.341 e. The molecule has 0 fully saturated rings. The standard InChI is InChI=1S/C19H23NO3S/c1-7-23-19(22)16-13(5)14(6)24-18(16)20-17(21)15-11(3)8-10(2)9-12(15)4/h8-9H,7H2,1-6H3,(H,20,21). The molecular weight excluding hydrogens is 322 g/mol. The van der Waals surface area contributed by atoms with E-state index in [9.17, 15) is 9.59 Å². The van der Waals surface area contributed by atoms with Crippen molar-refractivity contribution >= 4 is 28.2 Å². The van der Waals surface area contributed by atoms with E-state index < -0.39 is 5.97 Å². The molecule has 0 aliphatic carbocycles.